The molecule has 0 spiro atoms. The van der Waals surface area contributed by atoms with Gasteiger partial charge in [-0.1, -0.05) is 24.3 Å². The third-order valence-electron chi connectivity index (χ3n) is 5.82. The SMILES string of the molecule is COc1ccc(-c2nc3cc(NC(=S)NC(=O)c4cc5ccccc5cc4OC)ccc3o2)cc1OC. The van der Waals surface area contributed by atoms with Gasteiger partial charge in [-0.3, -0.25) is 10.1 Å². The van der Waals surface area contributed by atoms with Gasteiger partial charge < -0.3 is 23.9 Å². The molecule has 0 atom stereocenters. The highest BCUT2D eigenvalue weighted by molar-refractivity contribution is 7.80. The summed E-state index contributed by atoms with van der Waals surface area (Å²) < 4.78 is 22.0. The molecule has 5 aromatic rings. The van der Waals surface area contributed by atoms with E-state index in [4.69, 9.17) is 30.8 Å². The molecule has 0 bridgehead atoms. The van der Waals surface area contributed by atoms with Gasteiger partial charge in [0.15, 0.2) is 22.2 Å². The standard InChI is InChI=1S/C28H23N3O5S/c1-33-23-10-8-18(14-25(23)35-3)27-30-21-15-19(9-11-22(21)36-27)29-28(37)31-26(32)20-12-16-6-4-5-7-17(16)13-24(20)34-2/h4-15H,1-3H3,(H2,29,31,32,37). The number of benzene rings is 4. The Labute approximate surface area is 218 Å². The van der Waals surface area contributed by atoms with Crippen LogP contribution in [0, 0.1) is 0 Å². The Bertz CT molecular complexity index is 1650. The van der Waals surface area contributed by atoms with Gasteiger partial charge in [0.25, 0.3) is 5.91 Å². The number of hydrogen-bond donors (Lipinski definition) is 2. The fourth-order valence-corrected chi connectivity index (χ4v) is 4.21. The number of carbonyl (C=O) groups is 1. The molecule has 5 rings (SSSR count). The van der Waals surface area contributed by atoms with Gasteiger partial charge in [-0.2, -0.15) is 0 Å². The van der Waals surface area contributed by atoms with E-state index in [-0.39, 0.29) is 11.0 Å². The van der Waals surface area contributed by atoms with Crippen LogP contribution in [0.5, 0.6) is 17.2 Å². The van der Waals surface area contributed by atoms with Gasteiger partial charge in [0, 0.05) is 11.3 Å². The molecule has 0 radical (unpaired) electrons. The molecule has 4 aromatic carbocycles. The summed E-state index contributed by atoms with van der Waals surface area (Å²) in [6.07, 6.45) is 0. The van der Waals surface area contributed by atoms with Crippen molar-refractivity contribution in [3.63, 3.8) is 0 Å². The second-order valence-corrected chi connectivity index (χ2v) is 8.49. The molecule has 0 saturated carbocycles. The van der Waals surface area contributed by atoms with E-state index in [2.05, 4.69) is 15.6 Å². The van der Waals surface area contributed by atoms with Gasteiger partial charge >= 0.3 is 0 Å². The molecule has 2 N–H and O–H groups in total. The summed E-state index contributed by atoms with van der Waals surface area (Å²) in [6.45, 7) is 0. The zero-order valence-electron chi connectivity index (χ0n) is 20.3. The first-order chi connectivity index (χ1) is 18.0. The Kier molecular flexibility index (Phi) is 6.61. The topological polar surface area (TPSA) is 94.9 Å². The molecule has 9 heteroatoms. The van der Waals surface area contributed by atoms with Crippen LogP contribution in [0.2, 0.25) is 0 Å². The first-order valence-corrected chi connectivity index (χ1v) is 11.7. The molecule has 0 aliphatic rings. The Morgan fingerprint density at radius 1 is 0.838 bits per heavy atom. The van der Waals surface area contributed by atoms with Crippen LogP contribution < -0.4 is 24.8 Å². The number of amides is 1. The number of ether oxygens (including phenoxy) is 3. The quantitative estimate of drug-likeness (QED) is 0.275. The Hall–Kier alpha value is -4.63. The van der Waals surface area contributed by atoms with Crippen molar-refractivity contribution in [3.05, 3.63) is 78.4 Å². The number of thiocarbonyl (C=S) groups is 1. The van der Waals surface area contributed by atoms with E-state index >= 15 is 0 Å². The van der Waals surface area contributed by atoms with E-state index in [9.17, 15) is 4.79 Å². The second kappa shape index (κ2) is 10.2. The molecule has 0 aliphatic heterocycles. The number of nitrogens with one attached hydrogen (secondary N) is 2. The number of anilines is 1. The number of oxazole rings is 1. The van der Waals surface area contributed by atoms with E-state index in [0.29, 0.717) is 45.5 Å². The molecule has 1 amide bonds. The van der Waals surface area contributed by atoms with E-state index in [1.807, 2.05) is 36.4 Å². The summed E-state index contributed by atoms with van der Waals surface area (Å²) in [5, 5.41) is 7.79. The molecule has 0 aliphatic carbocycles. The molecule has 8 nitrogen and oxygen atoms in total. The minimum atomic E-state index is -0.377. The molecular weight excluding hydrogens is 490 g/mol. The van der Waals surface area contributed by atoms with Gasteiger partial charge in [0.2, 0.25) is 5.89 Å². The lowest BCUT2D eigenvalue weighted by atomic mass is 10.1. The summed E-state index contributed by atoms with van der Waals surface area (Å²) in [5.41, 5.74) is 3.01. The predicted molar refractivity (Wildman–Crippen MR) is 147 cm³/mol. The molecular formula is C28H23N3O5S. The van der Waals surface area contributed by atoms with Gasteiger partial charge in [0.1, 0.15) is 11.3 Å². The van der Waals surface area contributed by atoms with Crippen LogP contribution in [0.3, 0.4) is 0 Å². The molecule has 0 saturated heterocycles. The number of carbonyl (C=O) groups excluding carboxylic acids is 1. The van der Waals surface area contributed by atoms with Gasteiger partial charge in [-0.05, 0) is 71.5 Å². The molecule has 1 aromatic heterocycles. The fraction of sp³-hybridized carbons (Fsp3) is 0.107. The lowest BCUT2D eigenvalue weighted by molar-refractivity contribution is 0.0975. The number of rotatable bonds is 6. The lowest BCUT2D eigenvalue weighted by Crippen LogP contribution is -2.34. The average Bonchev–Trinajstić information content (AvgIpc) is 3.35. The van der Waals surface area contributed by atoms with Crippen molar-refractivity contribution in [2.75, 3.05) is 26.6 Å². The van der Waals surface area contributed by atoms with Gasteiger partial charge in [0.05, 0.1) is 26.9 Å². The molecule has 0 unspecified atom stereocenters. The minimum Gasteiger partial charge on any atom is -0.496 e. The predicted octanol–water partition coefficient (Wildman–Crippen LogP) is 5.80. The van der Waals surface area contributed by atoms with Crippen molar-refractivity contribution >= 4 is 50.8 Å². The second-order valence-electron chi connectivity index (χ2n) is 8.08. The highest BCUT2D eigenvalue weighted by atomic mass is 32.1. The minimum absolute atomic E-state index is 0.142. The lowest BCUT2D eigenvalue weighted by Gasteiger charge is -2.12. The van der Waals surface area contributed by atoms with E-state index in [1.165, 1.54) is 7.11 Å². The molecule has 0 fully saturated rings. The molecule has 186 valence electrons. The van der Waals surface area contributed by atoms with Crippen molar-refractivity contribution in [2.24, 2.45) is 0 Å². The van der Waals surface area contributed by atoms with Crippen LogP contribution in [0.1, 0.15) is 10.4 Å². The van der Waals surface area contributed by atoms with E-state index in [0.717, 1.165) is 16.3 Å². The zero-order chi connectivity index (χ0) is 25.9. The monoisotopic (exact) mass is 513 g/mol. The third kappa shape index (κ3) is 4.89. The summed E-state index contributed by atoms with van der Waals surface area (Å²) in [7, 11) is 4.68. The smallest absolute Gasteiger partial charge is 0.261 e. The zero-order valence-corrected chi connectivity index (χ0v) is 21.1. The van der Waals surface area contributed by atoms with E-state index in [1.54, 1.807) is 50.6 Å². The van der Waals surface area contributed by atoms with Gasteiger partial charge in [-0.25, -0.2) is 4.98 Å². The fourth-order valence-electron chi connectivity index (χ4n) is 4.00. The molecule has 37 heavy (non-hydrogen) atoms. The third-order valence-corrected chi connectivity index (χ3v) is 6.02. The summed E-state index contributed by atoms with van der Waals surface area (Å²) in [6, 6.07) is 22.2. The van der Waals surface area contributed by atoms with Crippen LogP contribution in [0.15, 0.2) is 77.2 Å². The van der Waals surface area contributed by atoms with Crippen molar-refractivity contribution in [1.82, 2.24) is 10.3 Å². The Morgan fingerprint density at radius 2 is 1.57 bits per heavy atom. The van der Waals surface area contributed by atoms with Crippen LogP contribution >= 0.6 is 12.2 Å². The summed E-state index contributed by atoms with van der Waals surface area (Å²) in [5.74, 6) is 1.72. The van der Waals surface area contributed by atoms with Crippen LogP contribution in [0.4, 0.5) is 5.69 Å². The largest absolute Gasteiger partial charge is 0.496 e. The highest BCUT2D eigenvalue weighted by Gasteiger charge is 2.16. The van der Waals surface area contributed by atoms with Crippen LogP contribution in [0.25, 0.3) is 33.3 Å². The number of aromatic nitrogens is 1. The summed E-state index contributed by atoms with van der Waals surface area (Å²) >= 11 is 5.39. The number of hydrogen-bond acceptors (Lipinski definition) is 7. The number of methoxy groups -OCH3 is 3. The normalized spacial score (nSPS) is 10.8. The van der Waals surface area contributed by atoms with Crippen LogP contribution in [-0.4, -0.2) is 37.3 Å². The Morgan fingerprint density at radius 3 is 2.30 bits per heavy atom. The van der Waals surface area contributed by atoms with E-state index < -0.39 is 0 Å². The van der Waals surface area contributed by atoms with Crippen molar-refractivity contribution < 1.29 is 23.4 Å². The molecule has 1 heterocycles. The Balaban J connectivity index is 1.33. The van der Waals surface area contributed by atoms with Crippen LogP contribution in [-0.2, 0) is 0 Å². The average molecular weight is 514 g/mol. The maximum Gasteiger partial charge on any atom is 0.261 e. The van der Waals surface area contributed by atoms with Crippen molar-refractivity contribution in [1.29, 1.82) is 0 Å². The van der Waals surface area contributed by atoms with Crippen molar-refractivity contribution in [3.8, 4) is 28.7 Å². The van der Waals surface area contributed by atoms with Crippen molar-refractivity contribution in [2.45, 2.75) is 0 Å². The number of nitrogens with zero attached hydrogens (tertiary/aromatic N) is 1. The maximum absolute atomic E-state index is 13.0. The number of fused-ring (bicyclic) bond motifs is 2. The first-order valence-electron chi connectivity index (χ1n) is 11.3. The maximum atomic E-state index is 13.0. The highest BCUT2D eigenvalue weighted by Crippen LogP contribution is 2.33. The van der Waals surface area contributed by atoms with Gasteiger partial charge in [-0.15, -0.1) is 0 Å². The first kappa shape index (κ1) is 24.1. The summed E-state index contributed by atoms with van der Waals surface area (Å²) in [4.78, 5) is 17.6.